The molecule has 0 aromatic carbocycles. The van der Waals surface area contributed by atoms with Gasteiger partial charge in [-0.1, -0.05) is 13.8 Å². The van der Waals surface area contributed by atoms with Gasteiger partial charge in [-0.25, -0.2) is 0 Å². The van der Waals surface area contributed by atoms with Gasteiger partial charge in [-0.3, -0.25) is 9.78 Å². The van der Waals surface area contributed by atoms with Crippen LogP contribution >= 0.6 is 0 Å². The fourth-order valence-corrected chi connectivity index (χ4v) is 1.45. The van der Waals surface area contributed by atoms with E-state index >= 15 is 0 Å². The van der Waals surface area contributed by atoms with Gasteiger partial charge in [0.1, 0.15) is 0 Å². The second-order valence-electron chi connectivity index (χ2n) is 3.60. The molecule has 1 aliphatic heterocycles. The van der Waals surface area contributed by atoms with Gasteiger partial charge in [0.15, 0.2) is 0 Å². The number of carbonyl (C=O) groups is 1. The largest absolute Gasteiger partial charge is 0.348 e. The summed E-state index contributed by atoms with van der Waals surface area (Å²) in [6, 6.07) is 2.01. The molecule has 1 amide bonds. The van der Waals surface area contributed by atoms with Gasteiger partial charge >= 0.3 is 0 Å². The highest BCUT2D eigenvalue weighted by Gasteiger charge is 2.19. The van der Waals surface area contributed by atoms with Gasteiger partial charge in [-0.2, -0.15) is 0 Å². The Bertz CT molecular complexity index is 358. The molecule has 3 heteroatoms. The van der Waals surface area contributed by atoms with Crippen molar-refractivity contribution in [1.29, 1.82) is 0 Å². The van der Waals surface area contributed by atoms with Crippen LogP contribution in [0.2, 0.25) is 0 Å². The zero-order chi connectivity index (χ0) is 9.42. The number of aromatic nitrogens is 1. The van der Waals surface area contributed by atoms with Crippen LogP contribution < -0.4 is 5.32 Å². The van der Waals surface area contributed by atoms with E-state index in [1.165, 1.54) is 0 Å². The quantitative estimate of drug-likeness (QED) is 0.703. The van der Waals surface area contributed by atoms with E-state index < -0.39 is 0 Å². The highest BCUT2D eigenvalue weighted by molar-refractivity contribution is 5.97. The highest BCUT2D eigenvalue weighted by atomic mass is 16.1. The summed E-state index contributed by atoms with van der Waals surface area (Å²) in [6.45, 7) is 4.84. The smallest absolute Gasteiger partial charge is 0.253 e. The summed E-state index contributed by atoms with van der Waals surface area (Å²) in [5.41, 5.74) is 2.85. The summed E-state index contributed by atoms with van der Waals surface area (Å²) < 4.78 is 0. The van der Waals surface area contributed by atoms with Crippen LogP contribution in [0.3, 0.4) is 0 Å². The SMILES string of the molecule is CC(C)c1cc2c(cn1)C(=O)NC2. The lowest BCUT2D eigenvalue weighted by molar-refractivity contribution is 0.0965. The highest BCUT2D eigenvalue weighted by Crippen LogP contribution is 2.19. The minimum absolute atomic E-state index is 0.00203. The molecular formula is C10H12N2O. The fraction of sp³-hybridized carbons (Fsp3) is 0.400. The van der Waals surface area contributed by atoms with Crippen LogP contribution in [0.4, 0.5) is 0 Å². The van der Waals surface area contributed by atoms with E-state index in [4.69, 9.17) is 0 Å². The van der Waals surface area contributed by atoms with Crippen molar-refractivity contribution in [1.82, 2.24) is 10.3 Å². The van der Waals surface area contributed by atoms with Crippen molar-refractivity contribution in [2.24, 2.45) is 0 Å². The number of rotatable bonds is 1. The third-order valence-corrected chi connectivity index (χ3v) is 2.29. The van der Waals surface area contributed by atoms with Crippen LogP contribution in [0.15, 0.2) is 12.3 Å². The topological polar surface area (TPSA) is 42.0 Å². The third kappa shape index (κ3) is 1.30. The number of nitrogens with zero attached hydrogens (tertiary/aromatic N) is 1. The molecule has 1 N–H and O–H groups in total. The molecule has 0 saturated carbocycles. The van der Waals surface area contributed by atoms with Gasteiger partial charge < -0.3 is 5.32 Å². The molecule has 0 atom stereocenters. The first-order valence-corrected chi connectivity index (χ1v) is 4.45. The van der Waals surface area contributed by atoms with Crippen LogP contribution in [0, 0.1) is 0 Å². The van der Waals surface area contributed by atoms with Crippen molar-refractivity contribution < 1.29 is 4.79 Å². The summed E-state index contributed by atoms with van der Waals surface area (Å²) in [4.78, 5) is 15.4. The first-order valence-electron chi connectivity index (χ1n) is 4.45. The van der Waals surface area contributed by atoms with Gasteiger partial charge in [-0.05, 0) is 17.5 Å². The Labute approximate surface area is 77.2 Å². The molecule has 1 aromatic rings. The lowest BCUT2D eigenvalue weighted by atomic mass is 10.1. The van der Waals surface area contributed by atoms with Crippen molar-refractivity contribution in [3.63, 3.8) is 0 Å². The standard InChI is InChI=1S/C10H12N2O/c1-6(2)9-3-7-4-12-10(13)8(7)5-11-9/h3,5-6H,4H2,1-2H3,(H,12,13). The Kier molecular flexibility index (Phi) is 1.79. The summed E-state index contributed by atoms with van der Waals surface area (Å²) in [6.07, 6.45) is 1.67. The lowest BCUT2D eigenvalue weighted by Crippen LogP contribution is -2.12. The Morgan fingerprint density at radius 3 is 3.00 bits per heavy atom. The van der Waals surface area contributed by atoms with Crippen molar-refractivity contribution in [2.75, 3.05) is 0 Å². The van der Waals surface area contributed by atoms with Crippen LogP contribution in [0.1, 0.15) is 41.4 Å². The van der Waals surface area contributed by atoms with E-state index in [1.54, 1.807) is 6.20 Å². The van der Waals surface area contributed by atoms with Crippen molar-refractivity contribution in [3.8, 4) is 0 Å². The van der Waals surface area contributed by atoms with Gasteiger partial charge in [-0.15, -0.1) is 0 Å². The molecule has 13 heavy (non-hydrogen) atoms. The molecule has 1 aromatic heterocycles. The molecule has 2 heterocycles. The molecule has 2 rings (SSSR count). The van der Waals surface area contributed by atoms with E-state index in [0.717, 1.165) is 16.8 Å². The second kappa shape index (κ2) is 2.83. The molecule has 0 unspecified atom stereocenters. The first kappa shape index (κ1) is 8.23. The number of carbonyl (C=O) groups excluding carboxylic acids is 1. The molecule has 0 aliphatic carbocycles. The van der Waals surface area contributed by atoms with Gasteiger partial charge in [0.25, 0.3) is 5.91 Å². The normalized spacial score (nSPS) is 14.5. The maximum atomic E-state index is 11.2. The predicted octanol–water partition coefficient (Wildman–Crippen LogP) is 1.45. The zero-order valence-corrected chi connectivity index (χ0v) is 7.79. The second-order valence-corrected chi connectivity index (χ2v) is 3.60. The summed E-state index contributed by atoms with van der Waals surface area (Å²) in [5.74, 6) is 0.416. The molecule has 0 radical (unpaired) electrons. The third-order valence-electron chi connectivity index (χ3n) is 2.29. The Hall–Kier alpha value is -1.38. The van der Waals surface area contributed by atoms with Crippen LogP contribution in [-0.2, 0) is 6.54 Å². The molecular weight excluding hydrogens is 164 g/mol. The Morgan fingerprint density at radius 2 is 2.31 bits per heavy atom. The van der Waals surface area contributed by atoms with Crippen molar-refractivity contribution >= 4 is 5.91 Å². The molecule has 0 fully saturated rings. The maximum absolute atomic E-state index is 11.2. The maximum Gasteiger partial charge on any atom is 0.253 e. The molecule has 0 saturated heterocycles. The average Bonchev–Trinajstić information content (AvgIpc) is 2.47. The molecule has 1 aliphatic rings. The number of amides is 1. The van der Waals surface area contributed by atoms with Gasteiger partial charge in [0.2, 0.25) is 0 Å². The summed E-state index contributed by atoms with van der Waals surface area (Å²) in [5, 5.41) is 2.77. The Balaban J connectivity index is 2.45. The van der Waals surface area contributed by atoms with Crippen molar-refractivity contribution in [3.05, 3.63) is 29.1 Å². The van der Waals surface area contributed by atoms with E-state index in [-0.39, 0.29) is 5.91 Å². The molecule has 0 bridgehead atoms. The van der Waals surface area contributed by atoms with E-state index in [9.17, 15) is 4.79 Å². The molecule has 3 nitrogen and oxygen atoms in total. The predicted molar refractivity (Wildman–Crippen MR) is 49.5 cm³/mol. The first-order chi connectivity index (χ1) is 6.18. The minimum Gasteiger partial charge on any atom is -0.348 e. The molecule has 68 valence electrons. The van der Waals surface area contributed by atoms with Crippen LogP contribution in [0.25, 0.3) is 0 Å². The Morgan fingerprint density at radius 1 is 1.54 bits per heavy atom. The number of hydrogen-bond acceptors (Lipinski definition) is 2. The number of nitrogens with one attached hydrogen (secondary N) is 1. The van der Waals surface area contributed by atoms with Crippen LogP contribution in [-0.4, -0.2) is 10.9 Å². The zero-order valence-electron chi connectivity index (χ0n) is 7.79. The van der Waals surface area contributed by atoms with Crippen LogP contribution in [0.5, 0.6) is 0 Å². The van der Waals surface area contributed by atoms with E-state index in [1.807, 2.05) is 6.07 Å². The number of pyridine rings is 1. The van der Waals surface area contributed by atoms with E-state index in [0.29, 0.717) is 12.5 Å². The number of hydrogen-bond donors (Lipinski definition) is 1. The minimum atomic E-state index is -0.00203. The monoisotopic (exact) mass is 176 g/mol. The average molecular weight is 176 g/mol. The summed E-state index contributed by atoms with van der Waals surface area (Å²) >= 11 is 0. The van der Waals surface area contributed by atoms with Crippen molar-refractivity contribution in [2.45, 2.75) is 26.3 Å². The number of fused-ring (bicyclic) bond motifs is 1. The fourth-order valence-electron chi connectivity index (χ4n) is 1.45. The van der Waals surface area contributed by atoms with Gasteiger partial charge in [0.05, 0.1) is 5.56 Å². The van der Waals surface area contributed by atoms with E-state index in [2.05, 4.69) is 24.1 Å². The lowest BCUT2D eigenvalue weighted by Gasteiger charge is -2.04. The molecule has 0 spiro atoms. The summed E-state index contributed by atoms with van der Waals surface area (Å²) in [7, 11) is 0. The van der Waals surface area contributed by atoms with Gasteiger partial charge in [0, 0.05) is 18.4 Å².